The molecule has 0 aliphatic rings. The molecule has 1 atom stereocenters. The highest BCUT2D eigenvalue weighted by Crippen LogP contribution is 2.06. The van der Waals surface area contributed by atoms with Crippen molar-refractivity contribution in [3.8, 4) is 0 Å². The Morgan fingerprint density at radius 3 is 2.75 bits per heavy atom. The first-order valence-corrected chi connectivity index (χ1v) is 7.05. The molecule has 0 radical (unpaired) electrons. The van der Waals surface area contributed by atoms with Crippen LogP contribution in [0, 0.1) is 0 Å². The summed E-state index contributed by atoms with van der Waals surface area (Å²) in [6, 6.07) is 0. The molecule has 0 saturated carbocycles. The average molecular weight is 247 g/mol. The third-order valence-corrected chi connectivity index (χ3v) is 4.06. The number of sulfone groups is 1. The van der Waals surface area contributed by atoms with E-state index in [9.17, 15) is 13.5 Å². The summed E-state index contributed by atoms with van der Waals surface area (Å²) >= 11 is 0. The van der Waals surface area contributed by atoms with Crippen molar-refractivity contribution in [1.82, 2.24) is 15.0 Å². The van der Waals surface area contributed by atoms with Gasteiger partial charge in [-0.15, -0.1) is 5.10 Å². The molecule has 0 saturated heterocycles. The fourth-order valence-corrected chi connectivity index (χ4v) is 2.06. The van der Waals surface area contributed by atoms with Crippen molar-refractivity contribution in [1.29, 1.82) is 0 Å². The highest BCUT2D eigenvalue weighted by atomic mass is 32.2. The van der Waals surface area contributed by atoms with Gasteiger partial charge in [0.25, 0.3) is 0 Å². The summed E-state index contributed by atoms with van der Waals surface area (Å²) in [6.07, 6.45) is 1.50. The molecule has 0 aromatic carbocycles. The fourth-order valence-electron chi connectivity index (χ4n) is 1.20. The zero-order valence-electron chi connectivity index (χ0n) is 9.50. The minimum absolute atomic E-state index is 0.160. The number of aliphatic hydroxyl groups excluding tert-OH is 1. The number of rotatable bonds is 6. The van der Waals surface area contributed by atoms with Crippen LogP contribution in [0.5, 0.6) is 0 Å². The molecule has 1 heterocycles. The quantitative estimate of drug-likeness (QED) is 0.773. The minimum atomic E-state index is -2.91. The van der Waals surface area contributed by atoms with E-state index in [1.54, 1.807) is 24.7 Å². The minimum Gasteiger partial charge on any atom is -0.387 e. The Bertz CT molecular complexity index is 425. The Hall–Kier alpha value is -0.950. The standard InChI is InChI=1S/C9H17N3O3S/c1-3-16(14,15)6-4-5-12-7-9(8(2)13)10-11-12/h7-8,13H,3-6H2,1-2H3. The van der Waals surface area contributed by atoms with E-state index in [0.717, 1.165) is 0 Å². The molecule has 1 aromatic heterocycles. The van der Waals surface area contributed by atoms with Gasteiger partial charge in [0.05, 0.1) is 18.1 Å². The third-order valence-electron chi connectivity index (χ3n) is 2.27. The second kappa shape index (κ2) is 5.40. The summed E-state index contributed by atoms with van der Waals surface area (Å²) in [6.45, 7) is 3.74. The molecule has 1 aromatic rings. The van der Waals surface area contributed by atoms with Crippen molar-refractivity contribution in [3.05, 3.63) is 11.9 Å². The van der Waals surface area contributed by atoms with Gasteiger partial charge in [0.15, 0.2) is 0 Å². The second-order valence-electron chi connectivity index (χ2n) is 3.67. The first kappa shape index (κ1) is 13.1. The van der Waals surface area contributed by atoms with Crippen LogP contribution in [0.4, 0.5) is 0 Å². The summed E-state index contributed by atoms with van der Waals surface area (Å²) in [5.74, 6) is 0.330. The molecule has 1 rings (SSSR count). The van der Waals surface area contributed by atoms with E-state index in [-0.39, 0.29) is 11.5 Å². The predicted molar refractivity (Wildman–Crippen MR) is 59.6 cm³/mol. The number of aliphatic hydroxyl groups is 1. The van der Waals surface area contributed by atoms with Gasteiger partial charge in [-0.1, -0.05) is 12.1 Å². The number of aromatic nitrogens is 3. The van der Waals surface area contributed by atoms with Crippen molar-refractivity contribution >= 4 is 9.84 Å². The van der Waals surface area contributed by atoms with Crippen molar-refractivity contribution in [2.45, 2.75) is 32.9 Å². The molecule has 0 fully saturated rings. The van der Waals surface area contributed by atoms with E-state index in [4.69, 9.17) is 0 Å². The first-order valence-electron chi connectivity index (χ1n) is 5.23. The Kier molecular flexibility index (Phi) is 4.43. The summed E-state index contributed by atoms with van der Waals surface area (Å²) in [5.41, 5.74) is 0.498. The lowest BCUT2D eigenvalue weighted by Crippen LogP contribution is -2.11. The van der Waals surface area contributed by atoms with Crippen LogP contribution < -0.4 is 0 Å². The van der Waals surface area contributed by atoms with Crippen LogP contribution in [-0.2, 0) is 16.4 Å². The van der Waals surface area contributed by atoms with Crippen LogP contribution >= 0.6 is 0 Å². The van der Waals surface area contributed by atoms with Gasteiger partial charge in [0.1, 0.15) is 15.5 Å². The van der Waals surface area contributed by atoms with Crippen LogP contribution in [-0.4, -0.2) is 40.0 Å². The number of nitrogens with zero attached hydrogens (tertiary/aromatic N) is 3. The van der Waals surface area contributed by atoms with Gasteiger partial charge in [0, 0.05) is 12.3 Å². The average Bonchev–Trinajstić information content (AvgIpc) is 2.66. The summed E-state index contributed by atoms with van der Waals surface area (Å²) in [4.78, 5) is 0. The number of hydrogen-bond acceptors (Lipinski definition) is 5. The largest absolute Gasteiger partial charge is 0.387 e. The topological polar surface area (TPSA) is 85.1 Å². The normalized spacial score (nSPS) is 13.9. The lowest BCUT2D eigenvalue weighted by atomic mass is 10.3. The molecular weight excluding hydrogens is 230 g/mol. The Morgan fingerprint density at radius 2 is 2.25 bits per heavy atom. The maximum absolute atomic E-state index is 11.2. The van der Waals surface area contributed by atoms with Crippen molar-refractivity contribution in [2.24, 2.45) is 0 Å². The van der Waals surface area contributed by atoms with Crippen LogP contribution in [0.3, 0.4) is 0 Å². The van der Waals surface area contributed by atoms with Crippen LogP contribution in [0.15, 0.2) is 6.20 Å². The van der Waals surface area contributed by atoms with Gasteiger partial charge in [-0.25, -0.2) is 8.42 Å². The lowest BCUT2D eigenvalue weighted by Gasteiger charge is -2.01. The number of aryl methyl sites for hydroxylation is 1. The molecule has 0 spiro atoms. The van der Waals surface area contributed by atoms with Crippen LogP contribution in [0.25, 0.3) is 0 Å². The molecule has 0 bridgehead atoms. The van der Waals surface area contributed by atoms with Gasteiger partial charge >= 0.3 is 0 Å². The van der Waals surface area contributed by atoms with E-state index in [1.807, 2.05) is 0 Å². The Balaban J connectivity index is 2.43. The summed E-state index contributed by atoms with van der Waals surface area (Å²) in [7, 11) is -2.91. The smallest absolute Gasteiger partial charge is 0.150 e. The zero-order valence-corrected chi connectivity index (χ0v) is 10.3. The summed E-state index contributed by atoms with van der Waals surface area (Å²) < 4.78 is 24.0. The SMILES string of the molecule is CCS(=O)(=O)CCCn1cc(C(C)O)nn1. The maximum Gasteiger partial charge on any atom is 0.150 e. The zero-order chi connectivity index (χ0) is 12.2. The highest BCUT2D eigenvalue weighted by Gasteiger charge is 2.09. The molecule has 0 aliphatic heterocycles. The molecule has 7 heteroatoms. The van der Waals surface area contributed by atoms with E-state index in [0.29, 0.717) is 18.7 Å². The summed E-state index contributed by atoms with van der Waals surface area (Å²) in [5, 5.41) is 16.8. The van der Waals surface area contributed by atoms with Crippen molar-refractivity contribution in [3.63, 3.8) is 0 Å². The third kappa shape index (κ3) is 3.90. The molecule has 92 valence electrons. The van der Waals surface area contributed by atoms with E-state index >= 15 is 0 Å². The Morgan fingerprint density at radius 1 is 1.56 bits per heavy atom. The Labute approximate surface area is 95.2 Å². The van der Waals surface area contributed by atoms with Crippen LogP contribution in [0.1, 0.15) is 32.1 Å². The van der Waals surface area contributed by atoms with Gasteiger partial charge in [-0.05, 0) is 13.3 Å². The maximum atomic E-state index is 11.2. The molecular formula is C9H17N3O3S. The van der Waals surface area contributed by atoms with E-state index in [1.165, 1.54) is 0 Å². The van der Waals surface area contributed by atoms with Gasteiger partial charge in [0.2, 0.25) is 0 Å². The highest BCUT2D eigenvalue weighted by molar-refractivity contribution is 7.91. The van der Waals surface area contributed by atoms with Gasteiger partial charge < -0.3 is 5.11 Å². The lowest BCUT2D eigenvalue weighted by molar-refractivity contribution is 0.194. The molecule has 1 N–H and O–H groups in total. The molecule has 6 nitrogen and oxygen atoms in total. The number of hydrogen-bond donors (Lipinski definition) is 1. The first-order chi connectivity index (χ1) is 7.44. The second-order valence-corrected chi connectivity index (χ2v) is 6.15. The van der Waals surface area contributed by atoms with Gasteiger partial charge in [-0.3, -0.25) is 4.68 Å². The monoisotopic (exact) mass is 247 g/mol. The molecule has 0 aliphatic carbocycles. The fraction of sp³-hybridized carbons (Fsp3) is 0.778. The van der Waals surface area contributed by atoms with E-state index in [2.05, 4.69) is 10.3 Å². The van der Waals surface area contributed by atoms with Gasteiger partial charge in [-0.2, -0.15) is 0 Å². The van der Waals surface area contributed by atoms with Crippen LogP contribution in [0.2, 0.25) is 0 Å². The predicted octanol–water partition coefficient (Wildman–Crippen LogP) is 0.156. The molecule has 16 heavy (non-hydrogen) atoms. The van der Waals surface area contributed by atoms with Crippen molar-refractivity contribution in [2.75, 3.05) is 11.5 Å². The molecule has 0 amide bonds. The van der Waals surface area contributed by atoms with Crippen molar-refractivity contribution < 1.29 is 13.5 Å². The molecule has 1 unspecified atom stereocenters. The van der Waals surface area contributed by atoms with E-state index < -0.39 is 15.9 Å².